The van der Waals surface area contributed by atoms with E-state index in [1.54, 1.807) is 35.2 Å². The molecule has 1 aliphatic rings. The van der Waals surface area contributed by atoms with E-state index in [-0.39, 0.29) is 23.1 Å². The number of carbonyl (C=O) groups is 3. The van der Waals surface area contributed by atoms with Gasteiger partial charge in [0.05, 0.1) is 17.6 Å². The third kappa shape index (κ3) is 6.58. The summed E-state index contributed by atoms with van der Waals surface area (Å²) in [6.07, 6.45) is 4.14. The van der Waals surface area contributed by atoms with E-state index in [0.29, 0.717) is 46.5 Å². The number of benzene rings is 2. The molecular formula is C24H24N2O6S2. The van der Waals surface area contributed by atoms with Crippen molar-refractivity contribution < 1.29 is 29.3 Å². The number of methoxy groups -OCH3 is 1. The molecule has 0 radical (unpaired) electrons. The molecule has 0 atom stereocenters. The Kier molecular flexibility index (Phi) is 8.67. The molecule has 2 amide bonds. The molecule has 8 nitrogen and oxygen atoms in total. The molecule has 0 aliphatic carbocycles. The van der Waals surface area contributed by atoms with E-state index >= 15 is 0 Å². The summed E-state index contributed by atoms with van der Waals surface area (Å²) in [5.41, 5.74) is 1.43. The molecule has 0 spiro atoms. The number of hydrogen-bond acceptors (Lipinski definition) is 7. The average molecular weight is 501 g/mol. The number of phenols is 1. The molecule has 2 aromatic carbocycles. The predicted octanol–water partition coefficient (Wildman–Crippen LogP) is 4.50. The zero-order valence-corrected chi connectivity index (χ0v) is 20.1. The first kappa shape index (κ1) is 25.3. The van der Waals surface area contributed by atoms with Crippen molar-refractivity contribution in [1.29, 1.82) is 0 Å². The zero-order valence-electron chi connectivity index (χ0n) is 18.4. The smallest absolute Gasteiger partial charge is 0.335 e. The number of carbonyl (C=O) groups excluding carboxylic acids is 2. The molecule has 178 valence electrons. The molecule has 1 heterocycles. The molecule has 0 unspecified atom stereocenters. The van der Waals surface area contributed by atoms with Crippen molar-refractivity contribution >= 4 is 57.8 Å². The molecule has 1 fully saturated rings. The van der Waals surface area contributed by atoms with Gasteiger partial charge < -0.3 is 20.3 Å². The number of hydrogen-bond donors (Lipinski definition) is 3. The Labute approximate surface area is 206 Å². The van der Waals surface area contributed by atoms with Gasteiger partial charge in [-0.05, 0) is 60.9 Å². The number of thioether (sulfide) groups is 1. The van der Waals surface area contributed by atoms with Crippen molar-refractivity contribution in [2.45, 2.75) is 25.7 Å². The third-order valence-electron chi connectivity index (χ3n) is 5.08. The van der Waals surface area contributed by atoms with Crippen LogP contribution in [0, 0.1) is 0 Å². The van der Waals surface area contributed by atoms with Crippen LogP contribution in [0.25, 0.3) is 6.08 Å². The van der Waals surface area contributed by atoms with Gasteiger partial charge in [0.25, 0.3) is 5.91 Å². The van der Waals surface area contributed by atoms with Crippen LogP contribution in [0.3, 0.4) is 0 Å². The lowest BCUT2D eigenvalue weighted by Gasteiger charge is -2.14. The van der Waals surface area contributed by atoms with E-state index in [4.69, 9.17) is 22.1 Å². The van der Waals surface area contributed by atoms with Crippen LogP contribution in [0.15, 0.2) is 47.4 Å². The number of aromatic carboxylic acids is 1. The van der Waals surface area contributed by atoms with E-state index in [1.165, 1.54) is 37.1 Å². The number of nitrogens with one attached hydrogen (secondary N) is 1. The average Bonchev–Trinajstić information content (AvgIpc) is 3.07. The maximum Gasteiger partial charge on any atom is 0.335 e. The first-order valence-electron chi connectivity index (χ1n) is 10.5. The monoisotopic (exact) mass is 500 g/mol. The fourth-order valence-electron chi connectivity index (χ4n) is 3.28. The maximum absolute atomic E-state index is 12.8. The molecule has 10 heteroatoms. The number of carboxylic acid groups (broad SMARTS) is 1. The number of thiocarbonyl (C=S) groups is 1. The quantitative estimate of drug-likeness (QED) is 0.248. The van der Waals surface area contributed by atoms with Crippen LogP contribution in [0.4, 0.5) is 5.69 Å². The van der Waals surface area contributed by atoms with Gasteiger partial charge >= 0.3 is 5.97 Å². The van der Waals surface area contributed by atoms with E-state index in [9.17, 15) is 19.5 Å². The van der Waals surface area contributed by atoms with Crippen molar-refractivity contribution in [2.75, 3.05) is 19.0 Å². The van der Waals surface area contributed by atoms with Gasteiger partial charge in [0.15, 0.2) is 11.5 Å². The number of carboxylic acids is 1. The van der Waals surface area contributed by atoms with Gasteiger partial charge in [-0.25, -0.2) is 4.79 Å². The van der Waals surface area contributed by atoms with Crippen LogP contribution in [0.5, 0.6) is 11.5 Å². The molecular weight excluding hydrogens is 476 g/mol. The molecule has 0 bridgehead atoms. The van der Waals surface area contributed by atoms with Crippen molar-refractivity contribution in [3.63, 3.8) is 0 Å². The lowest BCUT2D eigenvalue weighted by molar-refractivity contribution is -0.122. The van der Waals surface area contributed by atoms with E-state index < -0.39 is 5.97 Å². The van der Waals surface area contributed by atoms with Gasteiger partial charge in [0.2, 0.25) is 5.91 Å². The summed E-state index contributed by atoms with van der Waals surface area (Å²) in [5.74, 6) is -0.983. The molecule has 1 saturated heterocycles. The first-order chi connectivity index (χ1) is 16.3. The number of aromatic hydroxyl groups is 1. The number of amides is 2. The Balaban J connectivity index is 1.43. The normalized spacial score (nSPS) is 14.5. The summed E-state index contributed by atoms with van der Waals surface area (Å²) < 4.78 is 5.59. The van der Waals surface area contributed by atoms with Crippen molar-refractivity contribution in [3.8, 4) is 11.5 Å². The molecule has 34 heavy (non-hydrogen) atoms. The van der Waals surface area contributed by atoms with Crippen LogP contribution in [-0.2, 0) is 9.59 Å². The van der Waals surface area contributed by atoms with Gasteiger partial charge in [-0.2, -0.15) is 0 Å². The first-order valence-corrected chi connectivity index (χ1v) is 11.8. The van der Waals surface area contributed by atoms with E-state index in [0.717, 1.165) is 12.0 Å². The second-order valence-corrected chi connectivity index (χ2v) is 9.18. The number of nitrogens with zero attached hydrogens (tertiary/aromatic N) is 1. The summed E-state index contributed by atoms with van der Waals surface area (Å²) in [6.45, 7) is 0.471. The van der Waals surface area contributed by atoms with Crippen molar-refractivity contribution in [3.05, 3.63) is 58.5 Å². The number of unbranched alkanes of at least 4 members (excludes halogenated alkanes) is 2. The van der Waals surface area contributed by atoms with Crippen molar-refractivity contribution in [1.82, 2.24) is 4.90 Å². The summed E-state index contributed by atoms with van der Waals surface area (Å²) in [5, 5.41) is 21.4. The second-order valence-electron chi connectivity index (χ2n) is 7.51. The highest BCUT2D eigenvalue weighted by molar-refractivity contribution is 8.26. The lowest BCUT2D eigenvalue weighted by atomic mass is 10.1. The number of ether oxygens (including phenoxy) is 1. The zero-order chi connectivity index (χ0) is 24.7. The van der Waals surface area contributed by atoms with Gasteiger partial charge in [-0.1, -0.05) is 36.5 Å². The predicted molar refractivity (Wildman–Crippen MR) is 135 cm³/mol. The summed E-state index contributed by atoms with van der Waals surface area (Å²) >= 11 is 6.59. The highest BCUT2D eigenvalue weighted by Crippen LogP contribution is 2.34. The Morgan fingerprint density at radius 2 is 1.88 bits per heavy atom. The largest absolute Gasteiger partial charge is 0.504 e. The molecule has 1 aliphatic heterocycles. The van der Waals surface area contributed by atoms with Crippen molar-refractivity contribution in [2.24, 2.45) is 0 Å². The summed E-state index contributed by atoms with van der Waals surface area (Å²) in [4.78, 5) is 37.8. The van der Waals surface area contributed by atoms with Gasteiger partial charge in [0, 0.05) is 18.7 Å². The molecule has 3 N–H and O–H groups in total. The Bertz CT molecular complexity index is 1130. The number of rotatable bonds is 10. The lowest BCUT2D eigenvalue weighted by Crippen LogP contribution is -2.29. The van der Waals surface area contributed by atoms with E-state index in [1.807, 2.05) is 0 Å². The van der Waals surface area contributed by atoms with E-state index in [2.05, 4.69) is 5.32 Å². The minimum Gasteiger partial charge on any atom is -0.504 e. The topological polar surface area (TPSA) is 116 Å². The fourth-order valence-corrected chi connectivity index (χ4v) is 4.59. The molecule has 3 rings (SSSR count). The maximum atomic E-state index is 12.8. The van der Waals surface area contributed by atoms with Gasteiger partial charge in [0.1, 0.15) is 4.32 Å². The summed E-state index contributed by atoms with van der Waals surface area (Å²) in [7, 11) is 1.46. The standard InChI is InChI=1S/C24H24N2O6S2/c1-32-19-13-15(6-11-18(19)27)14-20-22(29)26(24(33)34-20)12-4-2-3-5-21(28)25-17-9-7-16(8-10-17)23(30)31/h6-11,13-14,27H,2-5,12H2,1H3,(H,25,28)(H,30,31)/b20-14-. The third-order valence-corrected chi connectivity index (χ3v) is 6.45. The number of anilines is 1. The molecule has 0 aromatic heterocycles. The number of phenolic OH excluding ortho intramolecular Hbond substituents is 1. The minimum absolute atomic E-state index is 0.0250. The highest BCUT2D eigenvalue weighted by atomic mass is 32.2. The van der Waals surface area contributed by atoms with Crippen LogP contribution in [-0.4, -0.2) is 50.9 Å². The highest BCUT2D eigenvalue weighted by Gasteiger charge is 2.31. The second kappa shape index (κ2) is 11.7. The summed E-state index contributed by atoms with van der Waals surface area (Å²) in [6, 6.07) is 10.8. The van der Waals surface area contributed by atoms with Crippen LogP contribution >= 0.6 is 24.0 Å². The Morgan fingerprint density at radius 3 is 2.56 bits per heavy atom. The van der Waals surface area contributed by atoms with Gasteiger partial charge in [-0.3, -0.25) is 14.5 Å². The minimum atomic E-state index is -1.02. The molecule has 2 aromatic rings. The fraction of sp³-hybridized carbons (Fsp3) is 0.250. The van der Waals surface area contributed by atoms with Crippen LogP contribution in [0.1, 0.15) is 41.6 Å². The van der Waals surface area contributed by atoms with Crippen LogP contribution < -0.4 is 10.1 Å². The SMILES string of the molecule is COc1cc(/C=C2\SC(=S)N(CCCCCC(=O)Nc3ccc(C(=O)O)cc3)C2=O)ccc1O. The molecule has 0 saturated carbocycles. The van der Waals surface area contributed by atoms with Gasteiger partial charge in [-0.15, -0.1) is 0 Å². The Hall–Kier alpha value is -3.37. The Morgan fingerprint density at radius 1 is 1.15 bits per heavy atom. The van der Waals surface area contributed by atoms with Crippen LogP contribution in [0.2, 0.25) is 0 Å².